The molecule has 0 unspecified atom stereocenters. The largest absolute Gasteiger partial charge is 0.378 e. The van der Waals surface area contributed by atoms with Gasteiger partial charge in [-0.1, -0.05) is 23.5 Å². The molecule has 0 spiro atoms. The summed E-state index contributed by atoms with van der Waals surface area (Å²) in [5.74, 6) is -0.0864. The van der Waals surface area contributed by atoms with Gasteiger partial charge in [0.15, 0.2) is 5.13 Å². The number of aryl methyl sites for hydroxylation is 1. The molecule has 4 rings (SSSR count). The number of thiazole rings is 1. The van der Waals surface area contributed by atoms with Crippen LogP contribution in [0.2, 0.25) is 0 Å². The molecule has 0 N–H and O–H groups in total. The van der Waals surface area contributed by atoms with Gasteiger partial charge >= 0.3 is 0 Å². The van der Waals surface area contributed by atoms with Gasteiger partial charge in [0.2, 0.25) is 0 Å². The number of pyridine rings is 1. The average molecular weight is 403 g/mol. The van der Waals surface area contributed by atoms with Crippen molar-refractivity contribution in [3.63, 3.8) is 0 Å². The molecular weight excluding hydrogens is 380 g/mol. The fourth-order valence-electron chi connectivity index (χ4n) is 3.07. The lowest BCUT2D eigenvalue weighted by molar-refractivity contribution is 0.0985. The van der Waals surface area contributed by atoms with E-state index in [0.29, 0.717) is 17.2 Å². The zero-order chi connectivity index (χ0) is 20.4. The number of carbonyl (C=O) groups excluding carboxylic acids is 1. The molecule has 0 radical (unpaired) electrons. The standard InChI is InChI=1S/C23H22N4OS/c1-16-7-12-20-21(14-16)29-23(25-20)27(15-18-6-4-5-13-24-18)22(28)17-8-10-19(11-9-17)26(2)3/h4-14H,15H2,1-3H3. The van der Waals surface area contributed by atoms with Crippen LogP contribution in [0.1, 0.15) is 21.6 Å². The van der Waals surface area contributed by atoms with Crippen LogP contribution in [0.25, 0.3) is 10.2 Å². The number of hydrogen-bond donors (Lipinski definition) is 0. The predicted molar refractivity (Wildman–Crippen MR) is 120 cm³/mol. The van der Waals surface area contributed by atoms with Crippen LogP contribution in [0.3, 0.4) is 0 Å². The second-order valence-corrected chi connectivity index (χ2v) is 8.13. The molecule has 5 nitrogen and oxygen atoms in total. The van der Waals surface area contributed by atoms with Crippen LogP contribution in [0.15, 0.2) is 66.9 Å². The minimum Gasteiger partial charge on any atom is -0.378 e. The van der Waals surface area contributed by atoms with Crippen molar-refractivity contribution < 1.29 is 4.79 Å². The molecule has 2 aromatic carbocycles. The van der Waals surface area contributed by atoms with E-state index < -0.39 is 0 Å². The maximum atomic E-state index is 13.4. The number of carbonyl (C=O) groups is 1. The maximum absolute atomic E-state index is 13.4. The van der Waals surface area contributed by atoms with Crippen molar-refractivity contribution in [2.45, 2.75) is 13.5 Å². The Bertz CT molecular complexity index is 1140. The van der Waals surface area contributed by atoms with Crippen molar-refractivity contribution in [3.8, 4) is 0 Å². The SMILES string of the molecule is Cc1ccc2nc(N(Cc3ccccn3)C(=O)c3ccc(N(C)C)cc3)sc2c1. The van der Waals surface area contributed by atoms with E-state index in [1.165, 1.54) is 16.9 Å². The van der Waals surface area contributed by atoms with Crippen molar-refractivity contribution >= 4 is 38.3 Å². The van der Waals surface area contributed by atoms with Crippen LogP contribution < -0.4 is 9.80 Å². The van der Waals surface area contributed by atoms with Crippen LogP contribution in [0, 0.1) is 6.92 Å². The first-order chi connectivity index (χ1) is 14.0. The number of anilines is 2. The number of benzene rings is 2. The Labute approximate surface area is 174 Å². The minimum absolute atomic E-state index is 0.0864. The molecule has 2 aromatic heterocycles. The average Bonchev–Trinajstić information content (AvgIpc) is 3.15. The number of aromatic nitrogens is 2. The summed E-state index contributed by atoms with van der Waals surface area (Å²) in [5.41, 5.74) is 4.57. The third-order valence-electron chi connectivity index (χ3n) is 4.69. The number of amides is 1. The zero-order valence-electron chi connectivity index (χ0n) is 16.7. The Morgan fingerprint density at radius 1 is 1.03 bits per heavy atom. The van der Waals surface area contributed by atoms with Gasteiger partial charge in [0.1, 0.15) is 0 Å². The van der Waals surface area contributed by atoms with Crippen molar-refractivity contribution in [1.29, 1.82) is 0 Å². The van der Waals surface area contributed by atoms with E-state index in [0.717, 1.165) is 21.6 Å². The molecule has 0 aliphatic heterocycles. The summed E-state index contributed by atoms with van der Waals surface area (Å²) in [4.78, 5) is 26.3. The molecule has 0 bridgehead atoms. The van der Waals surface area contributed by atoms with Gasteiger partial charge < -0.3 is 4.90 Å². The summed E-state index contributed by atoms with van der Waals surface area (Å²) in [6.07, 6.45) is 1.74. The van der Waals surface area contributed by atoms with Crippen LogP contribution in [-0.2, 0) is 6.54 Å². The summed E-state index contributed by atoms with van der Waals surface area (Å²) in [7, 11) is 3.96. The smallest absolute Gasteiger partial charge is 0.260 e. The predicted octanol–water partition coefficient (Wildman–Crippen LogP) is 4.91. The number of hydrogen-bond acceptors (Lipinski definition) is 5. The van der Waals surface area contributed by atoms with Gasteiger partial charge in [0, 0.05) is 31.5 Å². The van der Waals surface area contributed by atoms with Crippen LogP contribution in [-0.4, -0.2) is 30.0 Å². The highest BCUT2D eigenvalue weighted by atomic mass is 32.1. The highest BCUT2D eigenvalue weighted by Crippen LogP contribution is 2.31. The Morgan fingerprint density at radius 2 is 1.83 bits per heavy atom. The van der Waals surface area contributed by atoms with E-state index >= 15 is 0 Å². The third-order valence-corrected chi connectivity index (χ3v) is 5.73. The van der Waals surface area contributed by atoms with Gasteiger partial charge in [0.05, 0.1) is 22.5 Å². The highest BCUT2D eigenvalue weighted by molar-refractivity contribution is 7.22. The van der Waals surface area contributed by atoms with E-state index in [1.54, 1.807) is 11.1 Å². The van der Waals surface area contributed by atoms with Crippen molar-refractivity contribution in [3.05, 3.63) is 83.7 Å². The molecule has 0 saturated carbocycles. The summed E-state index contributed by atoms with van der Waals surface area (Å²) in [5, 5.41) is 0.679. The van der Waals surface area contributed by atoms with Gasteiger partial charge in [0.25, 0.3) is 5.91 Å². The molecular formula is C23H22N4OS. The lowest BCUT2D eigenvalue weighted by atomic mass is 10.1. The van der Waals surface area contributed by atoms with Gasteiger partial charge in [-0.3, -0.25) is 14.7 Å². The van der Waals surface area contributed by atoms with E-state index in [9.17, 15) is 4.79 Å². The van der Waals surface area contributed by atoms with Crippen LogP contribution in [0.4, 0.5) is 10.8 Å². The summed E-state index contributed by atoms with van der Waals surface area (Å²) < 4.78 is 1.07. The van der Waals surface area contributed by atoms with Gasteiger partial charge in [-0.25, -0.2) is 4.98 Å². The highest BCUT2D eigenvalue weighted by Gasteiger charge is 2.22. The second-order valence-electron chi connectivity index (χ2n) is 7.12. The monoisotopic (exact) mass is 402 g/mol. The normalized spacial score (nSPS) is 10.9. The maximum Gasteiger partial charge on any atom is 0.260 e. The fraction of sp³-hybridized carbons (Fsp3) is 0.174. The molecule has 4 aromatic rings. The Hall–Kier alpha value is -3.25. The van der Waals surface area contributed by atoms with E-state index in [1.807, 2.05) is 73.6 Å². The summed E-state index contributed by atoms with van der Waals surface area (Å²) in [6, 6.07) is 19.5. The first-order valence-corrected chi connectivity index (χ1v) is 10.2. The van der Waals surface area contributed by atoms with Crippen molar-refractivity contribution in [2.75, 3.05) is 23.9 Å². The van der Waals surface area contributed by atoms with Crippen LogP contribution in [0.5, 0.6) is 0 Å². The molecule has 6 heteroatoms. The first-order valence-electron chi connectivity index (χ1n) is 9.37. The molecule has 29 heavy (non-hydrogen) atoms. The van der Waals surface area contributed by atoms with Gasteiger partial charge in [-0.15, -0.1) is 0 Å². The van der Waals surface area contributed by atoms with Crippen LogP contribution >= 0.6 is 11.3 Å². The molecule has 0 saturated heterocycles. The zero-order valence-corrected chi connectivity index (χ0v) is 17.5. The molecule has 2 heterocycles. The van der Waals surface area contributed by atoms with Crippen molar-refractivity contribution in [2.24, 2.45) is 0 Å². The number of nitrogens with zero attached hydrogens (tertiary/aromatic N) is 4. The minimum atomic E-state index is -0.0864. The molecule has 0 aliphatic carbocycles. The van der Waals surface area contributed by atoms with Gasteiger partial charge in [-0.05, 0) is 61.0 Å². The summed E-state index contributed by atoms with van der Waals surface area (Å²) in [6.45, 7) is 2.43. The fourth-order valence-corrected chi connectivity index (χ4v) is 4.13. The Kier molecular flexibility index (Phi) is 5.27. The lowest BCUT2D eigenvalue weighted by Gasteiger charge is -2.20. The Balaban J connectivity index is 1.73. The second kappa shape index (κ2) is 8.01. The van der Waals surface area contributed by atoms with Crippen molar-refractivity contribution in [1.82, 2.24) is 9.97 Å². The molecule has 0 fully saturated rings. The number of fused-ring (bicyclic) bond motifs is 1. The quantitative estimate of drug-likeness (QED) is 0.476. The van der Waals surface area contributed by atoms with Gasteiger partial charge in [-0.2, -0.15) is 0 Å². The summed E-state index contributed by atoms with van der Waals surface area (Å²) >= 11 is 1.53. The molecule has 1 amide bonds. The van der Waals surface area contributed by atoms with E-state index in [-0.39, 0.29) is 5.91 Å². The Morgan fingerprint density at radius 3 is 2.52 bits per heavy atom. The molecule has 146 valence electrons. The lowest BCUT2D eigenvalue weighted by Crippen LogP contribution is -2.30. The van der Waals surface area contributed by atoms with E-state index in [4.69, 9.17) is 4.98 Å². The van der Waals surface area contributed by atoms with E-state index in [2.05, 4.69) is 18.0 Å². The number of rotatable bonds is 5. The topological polar surface area (TPSA) is 49.3 Å². The first kappa shape index (κ1) is 19.1. The third kappa shape index (κ3) is 4.12. The molecule has 0 atom stereocenters. The molecule has 0 aliphatic rings.